The molecule has 1 aromatic carbocycles. The van der Waals surface area contributed by atoms with Crippen molar-refractivity contribution < 1.29 is 4.39 Å². The molecule has 2 aromatic rings. The summed E-state index contributed by atoms with van der Waals surface area (Å²) in [5.74, 6) is -0.375. The Morgan fingerprint density at radius 1 is 1.37 bits per heavy atom. The van der Waals surface area contributed by atoms with Gasteiger partial charge >= 0.3 is 0 Å². The summed E-state index contributed by atoms with van der Waals surface area (Å²) in [6, 6.07) is 7.06. The number of hydrogen-bond acceptors (Lipinski definition) is 2. The van der Waals surface area contributed by atoms with Gasteiger partial charge in [-0.3, -0.25) is 4.98 Å². The molecule has 2 rings (SSSR count). The number of nitrogens with one attached hydrogen (secondary N) is 1. The molecule has 19 heavy (non-hydrogen) atoms. The summed E-state index contributed by atoms with van der Waals surface area (Å²) in [5.41, 5.74) is 3.21. The summed E-state index contributed by atoms with van der Waals surface area (Å²) in [5, 5.41) is 3.42. The number of hydrogen-bond donors (Lipinski definition) is 1. The van der Waals surface area contributed by atoms with Gasteiger partial charge in [-0.05, 0) is 55.3 Å². The first-order valence-corrected chi connectivity index (χ1v) is 6.51. The lowest BCUT2D eigenvalue weighted by Crippen LogP contribution is -2.20. The van der Waals surface area contributed by atoms with Crippen molar-refractivity contribution in [2.45, 2.75) is 19.4 Å². The lowest BCUT2D eigenvalue weighted by atomic mass is 9.97. The van der Waals surface area contributed by atoms with Crippen molar-refractivity contribution in [3.05, 3.63) is 64.2 Å². The molecule has 0 spiro atoms. The van der Waals surface area contributed by atoms with Crippen LogP contribution in [0.15, 0.2) is 36.7 Å². The van der Waals surface area contributed by atoms with E-state index in [0.29, 0.717) is 6.42 Å². The van der Waals surface area contributed by atoms with Crippen molar-refractivity contribution in [2.75, 3.05) is 7.05 Å². The van der Waals surface area contributed by atoms with Crippen molar-refractivity contribution in [1.29, 1.82) is 0 Å². The average Bonchev–Trinajstić information content (AvgIpc) is 2.41. The summed E-state index contributed by atoms with van der Waals surface area (Å²) in [7, 11) is 1.90. The molecule has 0 amide bonds. The highest BCUT2D eigenvalue weighted by molar-refractivity contribution is 6.30. The van der Waals surface area contributed by atoms with Crippen LogP contribution in [-0.2, 0) is 6.42 Å². The fourth-order valence-electron chi connectivity index (χ4n) is 2.14. The van der Waals surface area contributed by atoms with Crippen LogP contribution in [-0.4, -0.2) is 12.0 Å². The zero-order valence-electron chi connectivity index (χ0n) is 11.0. The van der Waals surface area contributed by atoms with E-state index in [-0.39, 0.29) is 16.9 Å². The highest BCUT2D eigenvalue weighted by Gasteiger charge is 2.13. The van der Waals surface area contributed by atoms with E-state index in [4.69, 9.17) is 11.6 Å². The van der Waals surface area contributed by atoms with Crippen LogP contribution in [0, 0.1) is 12.7 Å². The summed E-state index contributed by atoms with van der Waals surface area (Å²) < 4.78 is 13.5. The Labute approximate surface area is 117 Å². The number of benzene rings is 1. The molecule has 0 fully saturated rings. The van der Waals surface area contributed by atoms with Gasteiger partial charge in [0.05, 0.1) is 5.02 Å². The van der Waals surface area contributed by atoms with Crippen molar-refractivity contribution in [3.63, 3.8) is 0 Å². The van der Waals surface area contributed by atoms with Crippen LogP contribution in [0.3, 0.4) is 0 Å². The fraction of sp³-hybridized carbons (Fsp3) is 0.267. The molecule has 2 nitrogen and oxygen atoms in total. The van der Waals surface area contributed by atoms with Crippen LogP contribution in [0.25, 0.3) is 0 Å². The van der Waals surface area contributed by atoms with Crippen LogP contribution < -0.4 is 5.32 Å². The molecule has 0 aliphatic rings. The molecule has 1 atom stereocenters. The number of likely N-dealkylation sites (N-methyl/N-ethyl adjacent to an activating group) is 1. The van der Waals surface area contributed by atoms with Crippen molar-refractivity contribution in [3.8, 4) is 0 Å². The first kappa shape index (κ1) is 14.0. The van der Waals surface area contributed by atoms with Gasteiger partial charge in [0.2, 0.25) is 0 Å². The highest BCUT2D eigenvalue weighted by atomic mass is 35.5. The molecule has 1 heterocycles. The first-order chi connectivity index (χ1) is 9.11. The minimum Gasteiger partial charge on any atom is -0.313 e. The van der Waals surface area contributed by atoms with E-state index in [0.717, 1.165) is 11.1 Å². The van der Waals surface area contributed by atoms with Crippen molar-refractivity contribution >= 4 is 11.6 Å². The Hall–Kier alpha value is -1.45. The van der Waals surface area contributed by atoms with Gasteiger partial charge < -0.3 is 5.32 Å². The molecule has 4 heteroatoms. The third-order valence-corrected chi connectivity index (χ3v) is 3.52. The number of aryl methyl sites for hydroxylation is 1. The average molecular weight is 279 g/mol. The lowest BCUT2D eigenvalue weighted by molar-refractivity contribution is 0.581. The second-order valence-electron chi connectivity index (χ2n) is 4.53. The van der Waals surface area contributed by atoms with E-state index >= 15 is 0 Å². The van der Waals surface area contributed by atoms with Gasteiger partial charge in [-0.15, -0.1) is 0 Å². The molecule has 0 saturated carbocycles. The molecule has 0 bridgehead atoms. The van der Waals surface area contributed by atoms with E-state index in [9.17, 15) is 4.39 Å². The summed E-state index contributed by atoms with van der Waals surface area (Å²) in [6.07, 6.45) is 4.31. The number of halogens is 2. The smallest absolute Gasteiger partial charge is 0.142 e. The maximum Gasteiger partial charge on any atom is 0.142 e. The van der Waals surface area contributed by atoms with E-state index in [1.54, 1.807) is 12.3 Å². The predicted molar refractivity (Wildman–Crippen MR) is 75.9 cm³/mol. The van der Waals surface area contributed by atoms with Crippen LogP contribution in [0.5, 0.6) is 0 Å². The number of rotatable bonds is 4. The molecule has 1 aromatic heterocycles. The fourth-order valence-corrected chi connectivity index (χ4v) is 2.26. The van der Waals surface area contributed by atoms with Gasteiger partial charge in [0.25, 0.3) is 0 Å². The first-order valence-electron chi connectivity index (χ1n) is 6.13. The Morgan fingerprint density at radius 2 is 2.16 bits per heavy atom. The van der Waals surface area contributed by atoms with Gasteiger partial charge in [0.1, 0.15) is 5.82 Å². The maximum atomic E-state index is 13.5. The van der Waals surface area contributed by atoms with Gasteiger partial charge in [-0.2, -0.15) is 0 Å². The zero-order valence-corrected chi connectivity index (χ0v) is 11.7. The predicted octanol–water partition coefficient (Wildman–Crippen LogP) is 3.69. The van der Waals surface area contributed by atoms with Crippen LogP contribution in [0.1, 0.15) is 22.7 Å². The number of aromatic nitrogens is 1. The largest absolute Gasteiger partial charge is 0.313 e. The third-order valence-electron chi connectivity index (χ3n) is 3.21. The topological polar surface area (TPSA) is 24.9 Å². The molecule has 0 radical (unpaired) electrons. The minimum absolute atomic E-state index is 0.128. The minimum atomic E-state index is -0.375. The second-order valence-corrected chi connectivity index (χ2v) is 4.93. The Kier molecular flexibility index (Phi) is 4.51. The van der Waals surface area contributed by atoms with Crippen molar-refractivity contribution in [1.82, 2.24) is 10.3 Å². The molecular weight excluding hydrogens is 263 g/mol. The molecular formula is C15H16ClFN2. The molecule has 0 saturated heterocycles. The molecule has 1 unspecified atom stereocenters. The summed E-state index contributed by atoms with van der Waals surface area (Å²) >= 11 is 5.69. The Balaban J connectivity index is 2.24. The summed E-state index contributed by atoms with van der Waals surface area (Å²) in [4.78, 5) is 4.09. The van der Waals surface area contributed by atoms with Gasteiger partial charge in [-0.25, -0.2) is 4.39 Å². The van der Waals surface area contributed by atoms with Gasteiger partial charge in [0.15, 0.2) is 0 Å². The highest BCUT2D eigenvalue weighted by Crippen LogP contribution is 2.23. The third kappa shape index (κ3) is 3.31. The van der Waals surface area contributed by atoms with E-state index in [2.05, 4.69) is 10.3 Å². The number of pyridine rings is 1. The van der Waals surface area contributed by atoms with Crippen molar-refractivity contribution in [2.24, 2.45) is 0 Å². The van der Waals surface area contributed by atoms with Crippen LogP contribution in [0.2, 0.25) is 5.02 Å². The monoisotopic (exact) mass is 278 g/mol. The molecule has 0 aliphatic heterocycles. The quantitative estimate of drug-likeness (QED) is 0.923. The second kappa shape index (κ2) is 6.13. The molecule has 0 aliphatic carbocycles. The maximum absolute atomic E-state index is 13.5. The molecule has 100 valence electrons. The normalized spacial score (nSPS) is 12.4. The van der Waals surface area contributed by atoms with Gasteiger partial charge in [-0.1, -0.05) is 17.7 Å². The van der Waals surface area contributed by atoms with Gasteiger partial charge in [0, 0.05) is 18.4 Å². The van der Waals surface area contributed by atoms with E-state index < -0.39 is 0 Å². The van der Waals surface area contributed by atoms with E-state index in [1.165, 1.54) is 11.6 Å². The Morgan fingerprint density at radius 3 is 2.79 bits per heavy atom. The SMILES string of the molecule is CNC(Cc1ccc(Cl)c(F)c1)c1ccncc1C. The Bertz CT molecular complexity index is 572. The van der Waals surface area contributed by atoms with E-state index in [1.807, 2.05) is 32.3 Å². The molecule has 1 N–H and O–H groups in total. The van der Waals surface area contributed by atoms with Crippen LogP contribution in [0.4, 0.5) is 4.39 Å². The lowest BCUT2D eigenvalue weighted by Gasteiger charge is -2.18. The van der Waals surface area contributed by atoms with Crippen LogP contribution >= 0.6 is 11.6 Å². The standard InChI is InChI=1S/C15H16ClFN2/c1-10-9-19-6-5-12(10)15(18-2)8-11-3-4-13(16)14(17)7-11/h3-7,9,15,18H,8H2,1-2H3. The zero-order chi connectivity index (χ0) is 13.8. The summed E-state index contributed by atoms with van der Waals surface area (Å²) in [6.45, 7) is 2.02. The number of nitrogens with zero attached hydrogens (tertiary/aromatic N) is 1.